The summed E-state index contributed by atoms with van der Waals surface area (Å²) in [6.07, 6.45) is 0.170. The third-order valence-corrected chi connectivity index (χ3v) is 6.52. The SMILES string of the molecule is Cc1ccc(CSc2nc(=O)c3c(n2C)NC(=O)CC3c2ccccc2Cl)cc1. The molecule has 1 atom stereocenters. The van der Waals surface area contributed by atoms with Gasteiger partial charge in [0.05, 0.1) is 5.56 Å². The van der Waals surface area contributed by atoms with Crippen LogP contribution in [0.1, 0.15) is 34.6 Å². The van der Waals surface area contributed by atoms with Gasteiger partial charge in [0.2, 0.25) is 5.91 Å². The number of nitrogens with one attached hydrogen (secondary N) is 1. The van der Waals surface area contributed by atoms with E-state index in [-0.39, 0.29) is 17.9 Å². The van der Waals surface area contributed by atoms with Crippen molar-refractivity contribution in [1.82, 2.24) is 9.55 Å². The van der Waals surface area contributed by atoms with Gasteiger partial charge in [-0.15, -0.1) is 0 Å². The highest BCUT2D eigenvalue weighted by atomic mass is 35.5. The van der Waals surface area contributed by atoms with Crippen LogP contribution in [0.4, 0.5) is 5.82 Å². The second kappa shape index (κ2) is 8.05. The number of carbonyl (C=O) groups is 1. The highest BCUT2D eigenvalue weighted by Gasteiger charge is 2.33. The Balaban J connectivity index is 1.72. The van der Waals surface area contributed by atoms with Crippen LogP contribution < -0.4 is 10.9 Å². The maximum atomic E-state index is 13.0. The van der Waals surface area contributed by atoms with Crippen LogP contribution >= 0.6 is 23.4 Å². The van der Waals surface area contributed by atoms with E-state index in [2.05, 4.69) is 34.6 Å². The predicted octanol–water partition coefficient (Wildman–Crippen LogP) is 4.51. The van der Waals surface area contributed by atoms with Crippen molar-refractivity contribution >= 4 is 35.1 Å². The van der Waals surface area contributed by atoms with Gasteiger partial charge < -0.3 is 9.88 Å². The third-order valence-electron chi connectivity index (χ3n) is 5.07. The summed E-state index contributed by atoms with van der Waals surface area (Å²) in [4.78, 5) is 29.7. The van der Waals surface area contributed by atoms with Crippen LogP contribution in [-0.4, -0.2) is 15.5 Å². The summed E-state index contributed by atoms with van der Waals surface area (Å²) in [7, 11) is 1.82. The number of hydrogen-bond donors (Lipinski definition) is 1. The molecule has 7 heteroatoms. The Bertz CT molecular complexity index is 1140. The maximum absolute atomic E-state index is 13.0. The smallest absolute Gasteiger partial charge is 0.279 e. The molecule has 29 heavy (non-hydrogen) atoms. The Labute approximate surface area is 178 Å². The van der Waals surface area contributed by atoms with E-state index in [1.54, 1.807) is 10.6 Å². The van der Waals surface area contributed by atoms with E-state index in [0.717, 1.165) is 11.1 Å². The molecular formula is C22H20ClN3O2S. The summed E-state index contributed by atoms with van der Waals surface area (Å²) in [6, 6.07) is 15.6. The quantitative estimate of drug-likeness (QED) is 0.493. The number of aromatic nitrogens is 2. The second-order valence-electron chi connectivity index (χ2n) is 7.12. The third kappa shape index (κ3) is 3.95. The Morgan fingerprint density at radius 2 is 1.90 bits per heavy atom. The van der Waals surface area contributed by atoms with Gasteiger partial charge in [-0.25, -0.2) is 0 Å². The molecule has 4 rings (SSSR count). The van der Waals surface area contributed by atoms with E-state index in [0.29, 0.717) is 27.3 Å². The molecule has 148 valence electrons. The summed E-state index contributed by atoms with van der Waals surface area (Å²) in [5.41, 5.74) is 3.27. The fourth-order valence-corrected chi connectivity index (χ4v) is 4.71. The summed E-state index contributed by atoms with van der Waals surface area (Å²) in [5, 5.41) is 3.97. The van der Waals surface area contributed by atoms with Crippen molar-refractivity contribution in [2.75, 3.05) is 5.32 Å². The van der Waals surface area contributed by atoms with Crippen LogP contribution in [-0.2, 0) is 17.6 Å². The molecule has 0 fully saturated rings. The number of amides is 1. The molecule has 0 radical (unpaired) electrons. The van der Waals surface area contributed by atoms with Gasteiger partial charge in [-0.3, -0.25) is 9.59 Å². The molecule has 1 aromatic heterocycles. The Kier molecular flexibility index (Phi) is 5.48. The number of anilines is 1. The van der Waals surface area contributed by atoms with Gasteiger partial charge in [0, 0.05) is 30.2 Å². The van der Waals surface area contributed by atoms with Crippen molar-refractivity contribution in [2.45, 2.75) is 30.2 Å². The van der Waals surface area contributed by atoms with Gasteiger partial charge >= 0.3 is 0 Å². The number of thioether (sulfide) groups is 1. The molecule has 1 N–H and O–H groups in total. The highest BCUT2D eigenvalue weighted by Crippen LogP contribution is 2.38. The first kappa shape index (κ1) is 19.7. The van der Waals surface area contributed by atoms with Gasteiger partial charge in [-0.1, -0.05) is 71.4 Å². The minimum atomic E-state index is -0.408. The molecule has 1 aliphatic rings. The lowest BCUT2D eigenvalue weighted by atomic mass is 9.87. The zero-order chi connectivity index (χ0) is 20.5. The minimum absolute atomic E-state index is 0.141. The summed E-state index contributed by atoms with van der Waals surface area (Å²) < 4.78 is 1.79. The van der Waals surface area contributed by atoms with Crippen LogP contribution in [0.5, 0.6) is 0 Å². The number of nitrogens with zero attached hydrogens (tertiary/aromatic N) is 2. The van der Waals surface area contributed by atoms with Gasteiger partial charge in [-0.05, 0) is 24.1 Å². The molecule has 3 aromatic rings. The molecule has 0 spiro atoms. The molecule has 0 bridgehead atoms. The molecule has 1 aliphatic heterocycles. The van der Waals surface area contributed by atoms with E-state index in [4.69, 9.17) is 11.6 Å². The molecule has 5 nitrogen and oxygen atoms in total. The minimum Gasteiger partial charge on any atom is -0.312 e. The van der Waals surface area contributed by atoms with Crippen molar-refractivity contribution in [3.8, 4) is 0 Å². The first-order valence-electron chi connectivity index (χ1n) is 9.27. The standard InChI is InChI=1S/C22H20ClN3O2S/c1-13-7-9-14(10-8-13)12-29-22-25-21(28)19-16(15-5-3-4-6-17(15)23)11-18(27)24-20(19)26(22)2/h3-10,16H,11-12H2,1-2H3,(H,24,27). The zero-order valence-corrected chi connectivity index (χ0v) is 17.7. The first-order chi connectivity index (χ1) is 13.9. The van der Waals surface area contributed by atoms with Crippen molar-refractivity contribution in [2.24, 2.45) is 7.05 Å². The van der Waals surface area contributed by atoms with Crippen LogP contribution in [0.3, 0.4) is 0 Å². The fourth-order valence-electron chi connectivity index (χ4n) is 3.52. The molecule has 1 amide bonds. The number of fused-ring (bicyclic) bond motifs is 1. The van der Waals surface area contributed by atoms with Gasteiger partial charge in [0.15, 0.2) is 5.16 Å². The number of carbonyl (C=O) groups excluding carboxylic acids is 1. The highest BCUT2D eigenvalue weighted by molar-refractivity contribution is 7.98. The first-order valence-corrected chi connectivity index (χ1v) is 10.6. The fraction of sp³-hybridized carbons (Fsp3) is 0.227. The zero-order valence-electron chi connectivity index (χ0n) is 16.1. The summed E-state index contributed by atoms with van der Waals surface area (Å²) in [6.45, 7) is 2.05. The van der Waals surface area contributed by atoms with E-state index in [1.807, 2.05) is 32.2 Å². The van der Waals surface area contributed by atoms with Crippen molar-refractivity contribution < 1.29 is 4.79 Å². The van der Waals surface area contributed by atoms with Crippen molar-refractivity contribution in [3.63, 3.8) is 0 Å². The average Bonchev–Trinajstić information content (AvgIpc) is 2.70. The molecule has 2 heterocycles. The average molecular weight is 426 g/mol. The van der Waals surface area contributed by atoms with Crippen molar-refractivity contribution in [1.29, 1.82) is 0 Å². The molecule has 1 unspecified atom stereocenters. The van der Waals surface area contributed by atoms with E-state index in [1.165, 1.54) is 17.3 Å². The summed E-state index contributed by atoms with van der Waals surface area (Å²) in [5.74, 6) is 0.631. The summed E-state index contributed by atoms with van der Waals surface area (Å²) >= 11 is 7.83. The Morgan fingerprint density at radius 3 is 2.62 bits per heavy atom. The van der Waals surface area contributed by atoms with Gasteiger partial charge in [0.25, 0.3) is 5.56 Å². The monoisotopic (exact) mass is 425 g/mol. The molecular weight excluding hydrogens is 406 g/mol. The molecule has 0 saturated carbocycles. The van der Waals surface area contributed by atoms with Gasteiger partial charge in [0.1, 0.15) is 5.82 Å². The van der Waals surface area contributed by atoms with Crippen LogP contribution in [0.2, 0.25) is 5.02 Å². The molecule has 0 saturated heterocycles. The van der Waals surface area contributed by atoms with Crippen molar-refractivity contribution in [3.05, 3.63) is 86.2 Å². The van der Waals surface area contributed by atoms with Gasteiger partial charge in [-0.2, -0.15) is 4.98 Å². The molecule has 0 aliphatic carbocycles. The van der Waals surface area contributed by atoms with Crippen LogP contribution in [0.25, 0.3) is 0 Å². The van der Waals surface area contributed by atoms with Crippen LogP contribution in [0.15, 0.2) is 58.5 Å². The number of aryl methyl sites for hydroxylation is 1. The van der Waals surface area contributed by atoms with Crippen LogP contribution in [0, 0.1) is 6.92 Å². The lowest BCUT2D eigenvalue weighted by molar-refractivity contribution is -0.116. The Hall–Kier alpha value is -2.57. The lowest BCUT2D eigenvalue weighted by Gasteiger charge is -2.28. The number of rotatable bonds is 4. The predicted molar refractivity (Wildman–Crippen MR) is 117 cm³/mol. The topological polar surface area (TPSA) is 64.0 Å². The van der Waals surface area contributed by atoms with E-state index >= 15 is 0 Å². The van der Waals surface area contributed by atoms with E-state index < -0.39 is 5.92 Å². The lowest BCUT2D eigenvalue weighted by Crippen LogP contribution is -2.33. The molecule has 2 aromatic carbocycles. The number of hydrogen-bond acceptors (Lipinski definition) is 4. The Morgan fingerprint density at radius 1 is 1.17 bits per heavy atom. The normalized spacial score (nSPS) is 15.7. The second-order valence-corrected chi connectivity index (χ2v) is 8.47. The van der Waals surface area contributed by atoms with E-state index in [9.17, 15) is 9.59 Å². The number of benzene rings is 2. The maximum Gasteiger partial charge on any atom is 0.279 e. The number of halogens is 1. The largest absolute Gasteiger partial charge is 0.312 e.